The topological polar surface area (TPSA) is 53.5 Å². The summed E-state index contributed by atoms with van der Waals surface area (Å²) in [5.41, 5.74) is 1.86. The molecule has 6 nitrogen and oxygen atoms in total. The van der Waals surface area contributed by atoms with Crippen LogP contribution in [0.5, 0.6) is 11.6 Å². The Hall–Kier alpha value is -3.66. The van der Waals surface area contributed by atoms with Crippen LogP contribution >= 0.6 is 0 Å². The van der Waals surface area contributed by atoms with Gasteiger partial charge in [-0.2, -0.15) is 9.37 Å². The van der Waals surface area contributed by atoms with Crippen molar-refractivity contribution in [1.29, 1.82) is 0 Å². The first-order valence-corrected chi connectivity index (χ1v) is 11.2. The number of ether oxygens (including phenoxy) is 1. The normalized spacial score (nSPS) is 15.7. The molecule has 1 aliphatic heterocycles. The minimum absolute atomic E-state index is 0.0845. The van der Waals surface area contributed by atoms with Crippen LogP contribution < -0.4 is 15.0 Å². The number of allylic oxidation sites excluding steroid dienone is 1. The predicted octanol–water partition coefficient (Wildman–Crippen LogP) is 5.28. The smallest absolute Gasteiger partial charge is 0.261 e. The fourth-order valence-electron chi connectivity index (χ4n) is 4.28. The first-order valence-electron chi connectivity index (χ1n) is 11.2. The number of benzene rings is 2. The van der Waals surface area contributed by atoms with Gasteiger partial charge in [-0.1, -0.05) is 11.6 Å². The molecule has 1 aliphatic carbocycles. The van der Waals surface area contributed by atoms with Gasteiger partial charge in [0.2, 0.25) is 5.82 Å². The molecule has 0 unspecified atom stereocenters. The molecule has 10 heteroatoms. The quantitative estimate of drug-likeness (QED) is 0.497. The zero-order valence-corrected chi connectivity index (χ0v) is 19.2. The van der Waals surface area contributed by atoms with Crippen molar-refractivity contribution < 1.29 is 22.3 Å². The molecule has 1 N–H and O–H groups in total. The molecule has 1 saturated heterocycles. The van der Waals surface area contributed by atoms with Crippen LogP contribution in [0.3, 0.4) is 0 Å². The van der Waals surface area contributed by atoms with Crippen molar-refractivity contribution in [2.45, 2.75) is 13.3 Å². The summed E-state index contributed by atoms with van der Waals surface area (Å²) >= 11 is 0. The number of rotatable bonds is 5. The van der Waals surface area contributed by atoms with Crippen molar-refractivity contribution in [3.63, 3.8) is 0 Å². The third-order valence-corrected chi connectivity index (χ3v) is 6.19. The van der Waals surface area contributed by atoms with Gasteiger partial charge in [0.25, 0.3) is 5.88 Å². The summed E-state index contributed by atoms with van der Waals surface area (Å²) in [5, 5.41) is 2.70. The maximum atomic E-state index is 15.1. The number of nitrogens with zero attached hydrogens (tertiary/aromatic N) is 4. The van der Waals surface area contributed by atoms with Crippen LogP contribution in [0.4, 0.5) is 34.8 Å². The largest absolute Gasteiger partial charge is 0.433 e. The van der Waals surface area contributed by atoms with Crippen molar-refractivity contribution in [1.82, 2.24) is 14.9 Å². The molecular weight excluding hydrogens is 462 g/mol. The molecule has 2 aliphatic rings. The Labute approximate surface area is 199 Å². The number of aromatic nitrogens is 2. The molecule has 0 bridgehead atoms. The fourth-order valence-corrected chi connectivity index (χ4v) is 4.28. The van der Waals surface area contributed by atoms with Crippen LogP contribution in [0.15, 0.2) is 36.2 Å². The Bertz CT molecular complexity index is 1320. The van der Waals surface area contributed by atoms with Crippen LogP contribution in [0.1, 0.15) is 18.1 Å². The van der Waals surface area contributed by atoms with E-state index in [4.69, 9.17) is 4.74 Å². The Morgan fingerprint density at radius 3 is 2.46 bits per heavy atom. The van der Waals surface area contributed by atoms with Gasteiger partial charge in [-0.15, -0.1) is 0 Å². The van der Waals surface area contributed by atoms with Gasteiger partial charge in [-0.05, 0) is 38.6 Å². The second-order valence-electron chi connectivity index (χ2n) is 8.76. The zero-order valence-electron chi connectivity index (χ0n) is 19.2. The van der Waals surface area contributed by atoms with E-state index in [1.54, 1.807) is 19.1 Å². The maximum Gasteiger partial charge on any atom is 0.261 e. The number of hydrogen-bond donors (Lipinski definition) is 1. The third-order valence-electron chi connectivity index (χ3n) is 6.19. The van der Waals surface area contributed by atoms with Gasteiger partial charge >= 0.3 is 0 Å². The van der Waals surface area contributed by atoms with Gasteiger partial charge in [0.15, 0.2) is 17.4 Å². The van der Waals surface area contributed by atoms with Crippen LogP contribution in [-0.4, -0.2) is 48.1 Å². The summed E-state index contributed by atoms with van der Waals surface area (Å²) in [7, 11) is 2.02. The molecule has 182 valence electrons. The van der Waals surface area contributed by atoms with E-state index >= 15 is 4.39 Å². The van der Waals surface area contributed by atoms with Crippen LogP contribution in [0.2, 0.25) is 0 Å². The minimum atomic E-state index is -1.02. The van der Waals surface area contributed by atoms with Crippen molar-refractivity contribution in [2.75, 3.05) is 43.4 Å². The summed E-state index contributed by atoms with van der Waals surface area (Å²) in [6.07, 6.45) is 2.85. The summed E-state index contributed by atoms with van der Waals surface area (Å²) in [6.45, 7) is 4.84. The average Bonchev–Trinajstić information content (AvgIpc) is 3.23. The molecule has 0 saturated carbocycles. The molecule has 0 atom stereocenters. The maximum absolute atomic E-state index is 15.1. The predicted molar refractivity (Wildman–Crippen MR) is 125 cm³/mol. The first kappa shape index (κ1) is 23.1. The van der Waals surface area contributed by atoms with E-state index in [9.17, 15) is 13.2 Å². The highest BCUT2D eigenvalue weighted by Crippen LogP contribution is 2.37. The van der Waals surface area contributed by atoms with Crippen molar-refractivity contribution >= 4 is 23.3 Å². The van der Waals surface area contributed by atoms with Crippen LogP contribution in [0, 0.1) is 23.3 Å². The third kappa shape index (κ3) is 4.53. The van der Waals surface area contributed by atoms with Crippen LogP contribution in [-0.2, 0) is 6.42 Å². The minimum Gasteiger partial charge on any atom is -0.433 e. The highest BCUT2D eigenvalue weighted by Gasteiger charge is 2.24. The molecular formula is C25H23F4N5O. The van der Waals surface area contributed by atoms with E-state index in [0.29, 0.717) is 25.2 Å². The molecule has 2 aromatic carbocycles. The fraction of sp³-hybridized carbons (Fsp3) is 0.280. The molecule has 0 spiro atoms. The van der Waals surface area contributed by atoms with Gasteiger partial charge in [0.1, 0.15) is 18.0 Å². The van der Waals surface area contributed by atoms with Crippen molar-refractivity contribution in [2.24, 2.45) is 0 Å². The zero-order chi connectivity index (χ0) is 24.7. The summed E-state index contributed by atoms with van der Waals surface area (Å²) in [4.78, 5) is 11.7. The van der Waals surface area contributed by atoms with Gasteiger partial charge in [-0.3, -0.25) is 0 Å². The molecule has 2 heterocycles. The lowest BCUT2D eigenvalue weighted by molar-refractivity contribution is 0.311. The van der Waals surface area contributed by atoms with E-state index in [2.05, 4.69) is 20.2 Å². The monoisotopic (exact) mass is 485 g/mol. The number of halogens is 4. The van der Waals surface area contributed by atoms with Crippen molar-refractivity contribution in [3.8, 4) is 11.6 Å². The number of fused-ring (bicyclic) bond motifs is 1. The average molecular weight is 485 g/mol. The molecule has 5 rings (SSSR count). The number of likely N-dealkylation sites (N-methyl/N-ethyl adjacent to an activating group) is 1. The number of nitrogens with one attached hydrogen (secondary N) is 1. The Morgan fingerprint density at radius 2 is 1.71 bits per heavy atom. The van der Waals surface area contributed by atoms with E-state index < -0.39 is 34.9 Å². The number of hydrogen-bond acceptors (Lipinski definition) is 6. The SMILES string of the molecule is CC1=Cc2c(F)c(Oc3ncnc(Nc4ccc(N5CCN(C)CC5)c(F)c4)c3F)cc(F)c2C1. The lowest BCUT2D eigenvalue weighted by atomic mass is 10.1. The lowest BCUT2D eigenvalue weighted by Gasteiger charge is -2.34. The van der Waals surface area contributed by atoms with E-state index in [1.807, 2.05) is 11.9 Å². The molecule has 35 heavy (non-hydrogen) atoms. The Morgan fingerprint density at radius 1 is 0.943 bits per heavy atom. The molecule has 1 fully saturated rings. The highest BCUT2D eigenvalue weighted by atomic mass is 19.1. The van der Waals surface area contributed by atoms with E-state index in [0.717, 1.165) is 31.1 Å². The molecule has 1 aromatic heterocycles. The van der Waals surface area contributed by atoms with Gasteiger partial charge in [0, 0.05) is 49.1 Å². The summed E-state index contributed by atoms with van der Waals surface area (Å²) < 4.78 is 64.5. The Balaban J connectivity index is 1.37. The van der Waals surface area contributed by atoms with Gasteiger partial charge < -0.3 is 19.9 Å². The van der Waals surface area contributed by atoms with Crippen LogP contribution in [0.25, 0.3) is 6.08 Å². The highest BCUT2D eigenvalue weighted by molar-refractivity contribution is 5.66. The molecule has 0 amide bonds. The van der Waals surface area contributed by atoms with E-state index in [-0.39, 0.29) is 22.6 Å². The van der Waals surface area contributed by atoms with E-state index in [1.165, 1.54) is 12.1 Å². The second-order valence-corrected chi connectivity index (χ2v) is 8.76. The summed E-state index contributed by atoms with van der Waals surface area (Å²) in [5.74, 6) is -4.29. The molecule has 3 aromatic rings. The first-order chi connectivity index (χ1) is 16.8. The summed E-state index contributed by atoms with van der Waals surface area (Å²) in [6, 6.07) is 5.36. The lowest BCUT2D eigenvalue weighted by Crippen LogP contribution is -2.44. The number of anilines is 3. The molecule has 0 radical (unpaired) electrons. The number of piperazine rings is 1. The Kier molecular flexibility index (Phi) is 6.06. The van der Waals surface area contributed by atoms with Gasteiger partial charge in [0.05, 0.1) is 5.69 Å². The van der Waals surface area contributed by atoms with Gasteiger partial charge in [-0.25, -0.2) is 18.2 Å². The second kappa shape index (κ2) is 9.18. The van der Waals surface area contributed by atoms with Crippen molar-refractivity contribution in [3.05, 3.63) is 70.6 Å². The standard InChI is InChI=1S/C25H23F4N5O/c1-14-9-16-17(10-14)22(28)21(12-18(16)26)35-25-23(29)24(30-13-31-25)32-15-3-4-20(19(27)11-15)34-7-5-33(2)6-8-34/h3-4,10-13H,5-9H2,1-2H3,(H,30,31,32).